The third kappa shape index (κ3) is 3.30. The van der Waals surface area contributed by atoms with E-state index in [0.29, 0.717) is 5.56 Å². The summed E-state index contributed by atoms with van der Waals surface area (Å²) in [7, 11) is -9.17. The number of fused-ring (bicyclic) bond motifs is 4. The first-order valence-electron chi connectivity index (χ1n) is 9.81. The average molecular weight is 501 g/mol. The molecule has 0 unspecified atom stereocenters. The molecule has 2 heterocycles. The van der Waals surface area contributed by atoms with Crippen molar-refractivity contribution in [2.75, 3.05) is 0 Å². The van der Waals surface area contributed by atoms with Gasteiger partial charge in [0.15, 0.2) is 10.9 Å². The van der Waals surface area contributed by atoms with E-state index in [2.05, 4.69) is 9.97 Å². The fourth-order valence-corrected chi connectivity index (χ4v) is 5.76. The van der Waals surface area contributed by atoms with E-state index in [1.807, 2.05) is 0 Å². The minimum Gasteiger partial charge on any atom is -0.354 e. The molecule has 0 aliphatic rings. The average Bonchev–Trinajstić information content (AvgIpc) is 2.72. The molecule has 34 heavy (non-hydrogen) atoms. The summed E-state index contributed by atoms with van der Waals surface area (Å²) in [5, 5.41) is 0.500. The van der Waals surface area contributed by atoms with Gasteiger partial charge in [-0.05, 0) is 61.4 Å². The smallest absolute Gasteiger partial charge is 0.296 e. The molecule has 0 amide bonds. The summed E-state index contributed by atoms with van der Waals surface area (Å²) in [5.74, 6) is 0. The van der Waals surface area contributed by atoms with Gasteiger partial charge in [-0.15, -0.1) is 0 Å². The molecular formula is C22H16N2O8S2. The zero-order valence-corrected chi connectivity index (χ0v) is 19.3. The van der Waals surface area contributed by atoms with Crippen LogP contribution in [0.4, 0.5) is 0 Å². The Morgan fingerprint density at radius 1 is 0.618 bits per heavy atom. The third-order valence-corrected chi connectivity index (χ3v) is 7.66. The van der Waals surface area contributed by atoms with Crippen LogP contribution in [-0.4, -0.2) is 35.9 Å². The van der Waals surface area contributed by atoms with E-state index in [0.717, 1.165) is 6.07 Å². The van der Waals surface area contributed by atoms with Gasteiger partial charge in [0.25, 0.3) is 20.2 Å². The van der Waals surface area contributed by atoms with Crippen LogP contribution in [0, 0.1) is 13.8 Å². The van der Waals surface area contributed by atoms with Gasteiger partial charge in [-0.1, -0.05) is 0 Å². The first kappa shape index (κ1) is 22.2. The lowest BCUT2D eigenvalue weighted by atomic mass is 10.0. The number of benzene rings is 3. The summed E-state index contributed by atoms with van der Waals surface area (Å²) >= 11 is 0. The first-order valence-corrected chi connectivity index (χ1v) is 12.7. The Morgan fingerprint density at radius 3 is 1.71 bits per heavy atom. The second-order valence-corrected chi connectivity index (χ2v) is 10.9. The lowest BCUT2D eigenvalue weighted by Gasteiger charge is -2.10. The van der Waals surface area contributed by atoms with Gasteiger partial charge in [0.2, 0.25) is 0 Å². The Morgan fingerprint density at radius 2 is 1.12 bits per heavy atom. The zero-order valence-electron chi connectivity index (χ0n) is 17.6. The topological polar surface area (TPSA) is 174 Å². The number of nitrogens with one attached hydrogen (secondary N) is 2. The van der Waals surface area contributed by atoms with Crippen LogP contribution in [0.1, 0.15) is 11.1 Å². The van der Waals surface area contributed by atoms with E-state index in [1.165, 1.54) is 37.3 Å². The van der Waals surface area contributed by atoms with Crippen molar-refractivity contribution in [3.8, 4) is 0 Å². The number of H-pyrrole nitrogens is 2. The van der Waals surface area contributed by atoms with E-state index in [1.54, 1.807) is 6.92 Å². The van der Waals surface area contributed by atoms with E-state index in [4.69, 9.17) is 0 Å². The zero-order chi connectivity index (χ0) is 24.7. The van der Waals surface area contributed by atoms with Gasteiger partial charge < -0.3 is 9.97 Å². The van der Waals surface area contributed by atoms with Gasteiger partial charge in [0.05, 0.1) is 27.0 Å². The number of hydrogen-bond acceptors (Lipinski definition) is 6. The molecule has 4 N–H and O–H groups in total. The van der Waals surface area contributed by atoms with Crippen molar-refractivity contribution in [3.05, 3.63) is 68.0 Å². The molecule has 0 spiro atoms. The maximum Gasteiger partial charge on any atom is 0.296 e. The van der Waals surface area contributed by atoms with Crippen LogP contribution in [0.15, 0.2) is 55.8 Å². The van der Waals surface area contributed by atoms with Crippen molar-refractivity contribution < 1.29 is 25.9 Å². The van der Waals surface area contributed by atoms with Crippen LogP contribution in [0.2, 0.25) is 0 Å². The fraction of sp³-hybridized carbons (Fsp3) is 0.0909. The number of rotatable bonds is 2. The lowest BCUT2D eigenvalue weighted by Crippen LogP contribution is -2.11. The lowest BCUT2D eigenvalue weighted by molar-refractivity contribution is 0.481. The van der Waals surface area contributed by atoms with Gasteiger partial charge >= 0.3 is 0 Å². The highest BCUT2D eigenvalue weighted by molar-refractivity contribution is 7.86. The Labute approximate surface area is 191 Å². The number of aryl methyl sites for hydroxylation is 2. The van der Waals surface area contributed by atoms with Crippen LogP contribution in [0.5, 0.6) is 0 Å². The highest BCUT2D eigenvalue weighted by Crippen LogP contribution is 2.27. The van der Waals surface area contributed by atoms with Crippen molar-refractivity contribution >= 4 is 63.8 Å². The predicted octanol–water partition coefficient (Wildman–Crippen LogP) is 2.79. The monoisotopic (exact) mass is 500 g/mol. The molecule has 0 fully saturated rings. The quantitative estimate of drug-likeness (QED) is 0.211. The first-order chi connectivity index (χ1) is 15.8. The maximum absolute atomic E-state index is 13.2. The van der Waals surface area contributed by atoms with Gasteiger partial charge in [-0.3, -0.25) is 18.7 Å². The molecule has 2 aromatic heterocycles. The van der Waals surface area contributed by atoms with Crippen LogP contribution >= 0.6 is 0 Å². The molecule has 0 atom stereocenters. The Kier molecular flexibility index (Phi) is 4.55. The normalized spacial score (nSPS) is 12.8. The van der Waals surface area contributed by atoms with Crippen molar-refractivity contribution in [3.63, 3.8) is 0 Å². The van der Waals surface area contributed by atoms with Gasteiger partial charge in [0, 0.05) is 21.5 Å². The molecule has 0 saturated heterocycles. The van der Waals surface area contributed by atoms with Gasteiger partial charge in [0.1, 0.15) is 4.90 Å². The van der Waals surface area contributed by atoms with Crippen molar-refractivity contribution in [1.82, 2.24) is 9.97 Å². The predicted molar refractivity (Wildman–Crippen MR) is 127 cm³/mol. The molecule has 0 radical (unpaired) electrons. The van der Waals surface area contributed by atoms with Crippen LogP contribution in [-0.2, 0) is 20.2 Å². The molecule has 0 aliphatic carbocycles. The van der Waals surface area contributed by atoms with E-state index in [-0.39, 0.29) is 54.1 Å². The maximum atomic E-state index is 13.2. The number of aromatic amines is 2. The van der Waals surface area contributed by atoms with Crippen LogP contribution in [0.25, 0.3) is 43.6 Å². The van der Waals surface area contributed by atoms with E-state index >= 15 is 0 Å². The number of aromatic nitrogens is 2. The third-order valence-electron chi connectivity index (χ3n) is 5.78. The minimum absolute atomic E-state index is 0.0342. The van der Waals surface area contributed by atoms with Crippen molar-refractivity contribution in [2.45, 2.75) is 23.6 Å². The summed E-state index contributed by atoms with van der Waals surface area (Å²) in [4.78, 5) is 31.4. The molecule has 3 aromatic carbocycles. The van der Waals surface area contributed by atoms with Crippen LogP contribution in [0.3, 0.4) is 0 Å². The highest BCUT2D eigenvalue weighted by Gasteiger charge is 2.20. The fourth-order valence-electron chi connectivity index (χ4n) is 4.27. The number of pyridine rings is 2. The largest absolute Gasteiger partial charge is 0.354 e. The molecule has 174 valence electrons. The number of hydrogen-bond donors (Lipinski definition) is 4. The molecule has 5 aromatic rings. The molecule has 10 nitrogen and oxygen atoms in total. The van der Waals surface area contributed by atoms with Gasteiger partial charge in [-0.25, -0.2) is 0 Å². The molecule has 0 aliphatic heterocycles. The SMILES string of the molecule is Cc1cc(S(=O)(=O)O)c2[nH]c3cc4c(=O)c5cc(C)c(S(=O)(=O)O)cc5[nH]c4cc3c(=O)c2c1. The van der Waals surface area contributed by atoms with Crippen molar-refractivity contribution in [1.29, 1.82) is 0 Å². The summed E-state index contributed by atoms with van der Waals surface area (Å²) < 4.78 is 66.3. The van der Waals surface area contributed by atoms with Crippen LogP contribution < -0.4 is 10.9 Å². The summed E-state index contributed by atoms with van der Waals surface area (Å²) in [5.41, 5.74) is 0.106. The summed E-state index contributed by atoms with van der Waals surface area (Å²) in [6.45, 7) is 3.02. The molecule has 5 rings (SSSR count). The molecule has 0 bridgehead atoms. The second-order valence-electron chi connectivity index (χ2n) is 8.15. The molecular weight excluding hydrogens is 484 g/mol. The Hall–Kier alpha value is -3.58. The molecule has 0 saturated carbocycles. The highest BCUT2D eigenvalue weighted by atomic mass is 32.2. The van der Waals surface area contributed by atoms with Gasteiger partial charge in [-0.2, -0.15) is 16.8 Å². The summed E-state index contributed by atoms with van der Waals surface area (Å²) in [6.07, 6.45) is 0. The standard InChI is InChI=1S/C22H16N2O8S2/c1-9-3-14-20(19(4-9)34(30,31)32)24-16-7-12-15(6-13(16)22(14)26)23-17-8-18(33(27,28)29)10(2)5-11(17)21(12)25/h3-8H,1-2H3,(H,23,25)(H,24,26)(H,27,28,29)(H,30,31,32). The second kappa shape index (κ2) is 6.96. The minimum atomic E-state index is -4.65. The molecule has 12 heteroatoms. The van der Waals surface area contributed by atoms with Crippen molar-refractivity contribution in [2.24, 2.45) is 0 Å². The Bertz CT molecular complexity index is 2070. The van der Waals surface area contributed by atoms with E-state index in [9.17, 15) is 35.5 Å². The summed E-state index contributed by atoms with van der Waals surface area (Å²) in [6, 6.07) is 8.00. The Balaban J connectivity index is 1.96. The van der Waals surface area contributed by atoms with E-state index < -0.39 is 36.0 Å².